The number of carbonyl (C=O) groups excluding carboxylic acids is 1. The third kappa shape index (κ3) is 2.53. The number of carbonyl (C=O) groups is 1. The average molecular weight is 326 g/mol. The minimum atomic E-state index is 0.0534. The summed E-state index contributed by atoms with van der Waals surface area (Å²) in [7, 11) is 0. The van der Waals surface area contributed by atoms with Crippen LogP contribution in [0.2, 0.25) is 0 Å². The van der Waals surface area contributed by atoms with Crippen molar-refractivity contribution in [1.29, 1.82) is 0 Å². The Balaban J connectivity index is 1.70. The fourth-order valence-electron chi connectivity index (χ4n) is 3.22. The van der Waals surface area contributed by atoms with E-state index in [1.807, 2.05) is 41.6 Å². The molecule has 3 aromatic rings. The van der Waals surface area contributed by atoms with Crippen LogP contribution in [0, 0.1) is 6.92 Å². The normalized spacial score (nSPS) is 18.5. The fourth-order valence-corrected chi connectivity index (χ4v) is 4.10. The molecule has 0 aromatic carbocycles. The molecule has 1 fully saturated rings. The number of fused-ring (bicyclic) bond motifs is 1. The number of amides is 1. The number of hydrogen-bond acceptors (Lipinski definition) is 4. The molecular formula is C17H18N4OS. The molecule has 0 bridgehead atoms. The molecule has 1 aliphatic rings. The quantitative estimate of drug-likeness (QED) is 0.724. The molecule has 6 heteroatoms. The summed E-state index contributed by atoms with van der Waals surface area (Å²) in [5, 5.41) is 6.17. The molecule has 0 radical (unpaired) electrons. The van der Waals surface area contributed by atoms with E-state index in [4.69, 9.17) is 4.98 Å². The van der Waals surface area contributed by atoms with Crippen molar-refractivity contribution in [2.75, 3.05) is 6.54 Å². The third-order valence-electron chi connectivity index (χ3n) is 4.44. The van der Waals surface area contributed by atoms with E-state index in [1.165, 1.54) is 11.3 Å². The highest BCUT2D eigenvalue weighted by Gasteiger charge is 2.30. The lowest BCUT2D eigenvalue weighted by Gasteiger charge is -2.35. The molecule has 0 unspecified atom stereocenters. The molecule has 0 N–H and O–H groups in total. The van der Waals surface area contributed by atoms with Gasteiger partial charge in [0.25, 0.3) is 5.91 Å². The first-order valence-electron chi connectivity index (χ1n) is 7.89. The van der Waals surface area contributed by atoms with Crippen molar-refractivity contribution in [2.45, 2.75) is 32.2 Å². The van der Waals surface area contributed by atoms with Gasteiger partial charge in [0.2, 0.25) is 0 Å². The molecule has 4 heterocycles. The summed E-state index contributed by atoms with van der Waals surface area (Å²) < 4.78 is 1.75. The van der Waals surface area contributed by atoms with Gasteiger partial charge in [-0.05, 0) is 49.3 Å². The number of thiophene rings is 1. The largest absolute Gasteiger partial charge is 0.329 e. The van der Waals surface area contributed by atoms with Gasteiger partial charge in [0.05, 0.1) is 22.8 Å². The van der Waals surface area contributed by atoms with Crippen LogP contribution in [0.15, 0.2) is 36.0 Å². The van der Waals surface area contributed by atoms with Crippen LogP contribution in [-0.2, 0) is 0 Å². The third-order valence-corrected chi connectivity index (χ3v) is 5.45. The van der Waals surface area contributed by atoms with E-state index in [2.05, 4.69) is 5.10 Å². The van der Waals surface area contributed by atoms with Gasteiger partial charge in [-0.15, -0.1) is 11.3 Å². The van der Waals surface area contributed by atoms with E-state index in [9.17, 15) is 4.79 Å². The number of likely N-dealkylation sites (tertiary alicyclic amines) is 1. The summed E-state index contributed by atoms with van der Waals surface area (Å²) >= 11 is 1.53. The Morgan fingerprint density at radius 2 is 2.22 bits per heavy atom. The molecule has 118 valence electrons. The van der Waals surface area contributed by atoms with Crippen LogP contribution in [0.1, 0.15) is 46.2 Å². The second kappa shape index (κ2) is 5.77. The lowest BCUT2D eigenvalue weighted by molar-refractivity contribution is 0.0610. The van der Waals surface area contributed by atoms with Gasteiger partial charge in [0.15, 0.2) is 5.65 Å². The van der Waals surface area contributed by atoms with Crippen LogP contribution >= 0.6 is 11.3 Å². The van der Waals surface area contributed by atoms with Gasteiger partial charge in [-0.25, -0.2) is 9.50 Å². The highest BCUT2D eigenvalue weighted by atomic mass is 32.1. The molecular weight excluding hydrogens is 308 g/mol. The monoisotopic (exact) mass is 326 g/mol. The van der Waals surface area contributed by atoms with Gasteiger partial charge in [0, 0.05) is 18.8 Å². The Kier molecular flexibility index (Phi) is 3.61. The lowest BCUT2D eigenvalue weighted by atomic mass is 9.98. The molecule has 4 rings (SSSR count). The van der Waals surface area contributed by atoms with Gasteiger partial charge in [0.1, 0.15) is 0 Å². The van der Waals surface area contributed by atoms with Crippen LogP contribution < -0.4 is 0 Å². The molecule has 1 atom stereocenters. The Bertz CT molecular complexity index is 853. The maximum atomic E-state index is 13.0. The summed E-state index contributed by atoms with van der Waals surface area (Å²) in [6, 6.07) is 5.94. The predicted octanol–water partition coefficient (Wildman–Crippen LogP) is 3.47. The van der Waals surface area contributed by atoms with Crippen LogP contribution in [-0.4, -0.2) is 31.9 Å². The maximum absolute atomic E-state index is 13.0. The standard InChI is InChI=1S/C17H18N4OS/c1-12-7-11-23-16(12)17(22)20-9-3-2-4-14(20)13-6-10-21-15(19-13)5-8-18-21/h5-8,10-11,14H,2-4,9H2,1H3/t14-/m0/s1. The van der Waals surface area contributed by atoms with Gasteiger partial charge >= 0.3 is 0 Å². The number of aryl methyl sites for hydroxylation is 1. The molecule has 1 amide bonds. The first kappa shape index (κ1) is 14.4. The van der Waals surface area contributed by atoms with Crippen molar-refractivity contribution in [3.8, 4) is 0 Å². The molecule has 0 saturated carbocycles. The van der Waals surface area contributed by atoms with Crippen molar-refractivity contribution < 1.29 is 4.79 Å². The molecule has 3 aromatic heterocycles. The molecule has 5 nitrogen and oxygen atoms in total. The summed E-state index contributed by atoms with van der Waals surface area (Å²) in [6.07, 6.45) is 6.81. The Hall–Kier alpha value is -2.21. The van der Waals surface area contributed by atoms with Gasteiger partial charge in [-0.3, -0.25) is 4.79 Å². The average Bonchev–Trinajstić information content (AvgIpc) is 3.22. The van der Waals surface area contributed by atoms with Crippen LogP contribution in [0.25, 0.3) is 5.65 Å². The van der Waals surface area contributed by atoms with Crippen LogP contribution in [0.4, 0.5) is 0 Å². The van der Waals surface area contributed by atoms with Gasteiger partial charge in [-0.2, -0.15) is 5.10 Å². The second-order valence-corrected chi connectivity index (χ2v) is 6.85. The second-order valence-electron chi connectivity index (χ2n) is 5.93. The fraction of sp³-hybridized carbons (Fsp3) is 0.353. The Labute approximate surface area is 138 Å². The van der Waals surface area contributed by atoms with Crippen molar-refractivity contribution in [2.24, 2.45) is 0 Å². The number of hydrogen-bond donors (Lipinski definition) is 0. The smallest absolute Gasteiger partial charge is 0.264 e. The predicted molar refractivity (Wildman–Crippen MR) is 89.7 cm³/mol. The number of rotatable bonds is 2. The first-order chi connectivity index (χ1) is 11.2. The molecule has 23 heavy (non-hydrogen) atoms. The van der Waals surface area contributed by atoms with E-state index in [0.717, 1.165) is 47.6 Å². The first-order valence-corrected chi connectivity index (χ1v) is 8.77. The van der Waals surface area contributed by atoms with Crippen molar-refractivity contribution in [3.63, 3.8) is 0 Å². The van der Waals surface area contributed by atoms with Gasteiger partial charge in [-0.1, -0.05) is 0 Å². The van der Waals surface area contributed by atoms with E-state index in [0.29, 0.717) is 0 Å². The Morgan fingerprint density at radius 3 is 3.04 bits per heavy atom. The minimum Gasteiger partial charge on any atom is -0.329 e. The zero-order valence-corrected chi connectivity index (χ0v) is 13.8. The Morgan fingerprint density at radius 1 is 1.30 bits per heavy atom. The summed E-state index contributed by atoms with van der Waals surface area (Å²) in [4.78, 5) is 20.5. The topological polar surface area (TPSA) is 50.5 Å². The number of piperidine rings is 1. The van der Waals surface area contributed by atoms with E-state index >= 15 is 0 Å². The van der Waals surface area contributed by atoms with Crippen molar-refractivity contribution in [3.05, 3.63) is 52.1 Å². The summed E-state index contributed by atoms with van der Waals surface area (Å²) in [5.41, 5.74) is 2.84. The number of nitrogens with zero attached hydrogens (tertiary/aromatic N) is 4. The van der Waals surface area contributed by atoms with Crippen LogP contribution in [0.5, 0.6) is 0 Å². The zero-order valence-electron chi connectivity index (χ0n) is 13.0. The molecule has 1 aliphatic heterocycles. The van der Waals surface area contributed by atoms with E-state index < -0.39 is 0 Å². The molecule has 0 aliphatic carbocycles. The minimum absolute atomic E-state index is 0.0534. The summed E-state index contributed by atoms with van der Waals surface area (Å²) in [6.45, 7) is 2.80. The van der Waals surface area contributed by atoms with Crippen molar-refractivity contribution >= 4 is 22.9 Å². The SMILES string of the molecule is Cc1ccsc1C(=O)N1CCCC[C@H]1c1ccn2nccc2n1. The van der Waals surface area contributed by atoms with Crippen molar-refractivity contribution in [1.82, 2.24) is 19.5 Å². The molecule has 0 spiro atoms. The maximum Gasteiger partial charge on any atom is 0.264 e. The van der Waals surface area contributed by atoms with E-state index in [-0.39, 0.29) is 11.9 Å². The highest BCUT2D eigenvalue weighted by Crippen LogP contribution is 2.32. The number of aromatic nitrogens is 3. The lowest BCUT2D eigenvalue weighted by Crippen LogP contribution is -2.38. The zero-order chi connectivity index (χ0) is 15.8. The highest BCUT2D eigenvalue weighted by molar-refractivity contribution is 7.12. The van der Waals surface area contributed by atoms with E-state index in [1.54, 1.807) is 10.7 Å². The molecule has 1 saturated heterocycles. The summed E-state index contributed by atoms with van der Waals surface area (Å²) in [5.74, 6) is 0.136. The van der Waals surface area contributed by atoms with Crippen LogP contribution in [0.3, 0.4) is 0 Å². The van der Waals surface area contributed by atoms with Gasteiger partial charge < -0.3 is 4.90 Å².